The number of carbonyl (C=O) groups excluding carboxylic acids is 1. The summed E-state index contributed by atoms with van der Waals surface area (Å²) in [6, 6.07) is -0.863. The Bertz CT molecular complexity index is 331. The quantitative estimate of drug-likeness (QED) is 0.821. The van der Waals surface area contributed by atoms with Gasteiger partial charge in [-0.05, 0) is 12.8 Å². The highest BCUT2D eigenvalue weighted by Crippen LogP contribution is 2.23. The van der Waals surface area contributed by atoms with Gasteiger partial charge in [0.25, 0.3) is 0 Å². The van der Waals surface area contributed by atoms with E-state index in [0.29, 0.717) is 13.0 Å². The van der Waals surface area contributed by atoms with E-state index < -0.39 is 12.0 Å². The molecule has 0 spiro atoms. The van der Waals surface area contributed by atoms with E-state index in [4.69, 9.17) is 4.74 Å². The molecule has 1 aliphatic rings. The third-order valence-corrected chi connectivity index (χ3v) is 3.92. The third-order valence-electron chi connectivity index (χ3n) is 3.92. The molecule has 1 aliphatic heterocycles. The van der Waals surface area contributed by atoms with Crippen molar-refractivity contribution >= 4 is 12.0 Å². The second-order valence-electron chi connectivity index (χ2n) is 4.96. The van der Waals surface area contributed by atoms with Gasteiger partial charge >= 0.3 is 12.0 Å². The standard InChI is InChI=1S/C13H24N2O4/c1-5-9(6-2)14(3)13(18)15-8-10(19-4)7-11(15)12(16)17/h9-11H,5-8H2,1-4H3,(H,16,17). The predicted molar refractivity (Wildman–Crippen MR) is 71.1 cm³/mol. The molecule has 2 amide bonds. The lowest BCUT2D eigenvalue weighted by atomic mass is 10.1. The zero-order valence-electron chi connectivity index (χ0n) is 12.1. The fourth-order valence-corrected chi connectivity index (χ4v) is 2.61. The molecule has 1 fully saturated rings. The number of urea groups is 1. The van der Waals surface area contributed by atoms with E-state index in [9.17, 15) is 14.7 Å². The Hall–Kier alpha value is -1.30. The van der Waals surface area contributed by atoms with Crippen LogP contribution in [0.2, 0.25) is 0 Å². The van der Waals surface area contributed by atoms with E-state index in [1.54, 1.807) is 19.1 Å². The van der Waals surface area contributed by atoms with Crippen LogP contribution in [0.25, 0.3) is 0 Å². The van der Waals surface area contributed by atoms with Crippen LogP contribution in [0.1, 0.15) is 33.1 Å². The van der Waals surface area contributed by atoms with Crippen molar-refractivity contribution in [2.45, 2.75) is 51.3 Å². The fraction of sp³-hybridized carbons (Fsp3) is 0.846. The van der Waals surface area contributed by atoms with Crippen LogP contribution >= 0.6 is 0 Å². The summed E-state index contributed by atoms with van der Waals surface area (Å²) >= 11 is 0. The molecule has 0 radical (unpaired) electrons. The summed E-state index contributed by atoms with van der Waals surface area (Å²) < 4.78 is 5.19. The van der Waals surface area contributed by atoms with E-state index in [1.165, 1.54) is 4.90 Å². The van der Waals surface area contributed by atoms with Crippen molar-refractivity contribution in [1.82, 2.24) is 9.80 Å². The Kier molecular flexibility index (Phi) is 5.60. The maximum atomic E-state index is 12.4. The van der Waals surface area contributed by atoms with E-state index in [-0.39, 0.29) is 18.2 Å². The molecular formula is C13H24N2O4. The molecule has 0 bridgehead atoms. The average molecular weight is 272 g/mol. The van der Waals surface area contributed by atoms with Gasteiger partial charge in [-0.15, -0.1) is 0 Å². The summed E-state index contributed by atoms with van der Waals surface area (Å²) in [5.74, 6) is -0.967. The van der Waals surface area contributed by atoms with Gasteiger partial charge < -0.3 is 19.6 Å². The number of rotatable bonds is 5. The molecule has 110 valence electrons. The van der Waals surface area contributed by atoms with Crippen LogP contribution in [0.4, 0.5) is 4.79 Å². The maximum Gasteiger partial charge on any atom is 0.326 e. The molecule has 6 nitrogen and oxygen atoms in total. The smallest absolute Gasteiger partial charge is 0.326 e. The Balaban J connectivity index is 2.81. The summed E-state index contributed by atoms with van der Waals surface area (Å²) in [7, 11) is 3.28. The number of methoxy groups -OCH3 is 1. The molecule has 0 saturated carbocycles. The number of carbonyl (C=O) groups is 2. The van der Waals surface area contributed by atoms with Crippen LogP contribution in [0.3, 0.4) is 0 Å². The van der Waals surface area contributed by atoms with Crippen molar-refractivity contribution < 1.29 is 19.4 Å². The number of hydrogen-bond acceptors (Lipinski definition) is 3. The molecule has 1 saturated heterocycles. The van der Waals surface area contributed by atoms with Crippen molar-refractivity contribution in [3.63, 3.8) is 0 Å². The van der Waals surface area contributed by atoms with Crippen molar-refractivity contribution in [2.75, 3.05) is 20.7 Å². The van der Waals surface area contributed by atoms with Crippen LogP contribution < -0.4 is 0 Å². The van der Waals surface area contributed by atoms with Crippen LogP contribution in [0.15, 0.2) is 0 Å². The molecular weight excluding hydrogens is 248 g/mol. The predicted octanol–water partition coefficient (Wildman–Crippen LogP) is 1.40. The average Bonchev–Trinajstić information content (AvgIpc) is 2.83. The SMILES string of the molecule is CCC(CC)N(C)C(=O)N1CC(OC)CC1C(=O)O. The van der Waals surface area contributed by atoms with Crippen molar-refractivity contribution in [3.8, 4) is 0 Å². The lowest BCUT2D eigenvalue weighted by Gasteiger charge is -2.32. The minimum Gasteiger partial charge on any atom is -0.480 e. The number of ether oxygens (including phenoxy) is 1. The molecule has 6 heteroatoms. The van der Waals surface area contributed by atoms with Gasteiger partial charge in [-0.2, -0.15) is 0 Å². The number of aliphatic carboxylic acids is 1. The molecule has 1 N–H and O–H groups in total. The van der Waals surface area contributed by atoms with Crippen LogP contribution in [0.5, 0.6) is 0 Å². The Labute approximate surface area is 114 Å². The third kappa shape index (κ3) is 3.37. The highest BCUT2D eigenvalue weighted by Gasteiger charge is 2.41. The lowest BCUT2D eigenvalue weighted by molar-refractivity contribution is -0.141. The van der Waals surface area contributed by atoms with Gasteiger partial charge in [0.05, 0.1) is 6.10 Å². The van der Waals surface area contributed by atoms with Gasteiger partial charge in [-0.25, -0.2) is 9.59 Å². The minimum atomic E-state index is -0.967. The number of carboxylic acids is 1. The lowest BCUT2D eigenvalue weighted by Crippen LogP contribution is -2.49. The first kappa shape index (κ1) is 15.8. The van der Waals surface area contributed by atoms with Crippen molar-refractivity contribution in [2.24, 2.45) is 0 Å². The van der Waals surface area contributed by atoms with Gasteiger partial charge in [-0.3, -0.25) is 0 Å². The first-order chi connectivity index (χ1) is 8.96. The molecule has 2 unspecified atom stereocenters. The highest BCUT2D eigenvalue weighted by molar-refractivity contribution is 5.83. The van der Waals surface area contributed by atoms with Crippen molar-refractivity contribution in [1.29, 1.82) is 0 Å². The molecule has 0 aromatic heterocycles. The molecule has 1 rings (SSSR count). The summed E-state index contributed by atoms with van der Waals surface area (Å²) in [4.78, 5) is 26.7. The highest BCUT2D eigenvalue weighted by atomic mass is 16.5. The molecule has 19 heavy (non-hydrogen) atoms. The van der Waals surface area contributed by atoms with Crippen LogP contribution in [0, 0.1) is 0 Å². The molecule has 0 aliphatic carbocycles. The van der Waals surface area contributed by atoms with E-state index in [0.717, 1.165) is 12.8 Å². The van der Waals surface area contributed by atoms with E-state index >= 15 is 0 Å². The topological polar surface area (TPSA) is 70.1 Å². The number of carboxylic acid groups (broad SMARTS) is 1. The van der Waals surface area contributed by atoms with Crippen LogP contribution in [-0.4, -0.2) is 65.8 Å². The molecule has 0 aromatic carbocycles. The summed E-state index contributed by atoms with van der Waals surface area (Å²) in [6.45, 7) is 4.39. The Morgan fingerprint density at radius 1 is 1.42 bits per heavy atom. The summed E-state index contributed by atoms with van der Waals surface area (Å²) in [5, 5.41) is 9.21. The fourth-order valence-electron chi connectivity index (χ4n) is 2.61. The van der Waals surface area contributed by atoms with Gasteiger partial charge in [0, 0.05) is 33.2 Å². The Morgan fingerprint density at radius 3 is 2.42 bits per heavy atom. The van der Waals surface area contributed by atoms with Gasteiger partial charge in [-0.1, -0.05) is 13.8 Å². The van der Waals surface area contributed by atoms with Gasteiger partial charge in [0.2, 0.25) is 0 Å². The summed E-state index contributed by atoms with van der Waals surface area (Å²) in [5.41, 5.74) is 0. The Morgan fingerprint density at radius 2 is 2.00 bits per heavy atom. The normalized spacial score (nSPS) is 22.9. The maximum absolute atomic E-state index is 12.4. The zero-order valence-corrected chi connectivity index (χ0v) is 12.1. The van der Waals surface area contributed by atoms with Gasteiger partial charge in [0.15, 0.2) is 0 Å². The number of hydrogen-bond donors (Lipinski definition) is 1. The molecule has 0 aromatic rings. The second-order valence-corrected chi connectivity index (χ2v) is 4.96. The zero-order chi connectivity index (χ0) is 14.6. The molecule has 1 heterocycles. The monoisotopic (exact) mass is 272 g/mol. The van der Waals surface area contributed by atoms with E-state index in [2.05, 4.69) is 0 Å². The van der Waals surface area contributed by atoms with E-state index in [1.807, 2.05) is 13.8 Å². The first-order valence-electron chi connectivity index (χ1n) is 6.75. The van der Waals surface area contributed by atoms with Crippen LogP contribution in [-0.2, 0) is 9.53 Å². The minimum absolute atomic E-state index is 0.142. The molecule has 2 atom stereocenters. The number of likely N-dealkylation sites (tertiary alicyclic amines) is 1. The first-order valence-corrected chi connectivity index (χ1v) is 6.75. The number of amides is 2. The second kappa shape index (κ2) is 6.75. The largest absolute Gasteiger partial charge is 0.480 e. The van der Waals surface area contributed by atoms with Crippen molar-refractivity contribution in [3.05, 3.63) is 0 Å². The van der Waals surface area contributed by atoms with Gasteiger partial charge in [0.1, 0.15) is 6.04 Å². The number of nitrogens with zero attached hydrogens (tertiary/aromatic N) is 2. The summed E-state index contributed by atoms with van der Waals surface area (Å²) in [6.07, 6.45) is 1.88.